The van der Waals surface area contributed by atoms with Crippen molar-refractivity contribution in [3.05, 3.63) is 39.1 Å². The molecule has 0 atom stereocenters. The number of hydrogen-bond donors (Lipinski definition) is 1. The summed E-state index contributed by atoms with van der Waals surface area (Å²) >= 11 is 1.68. The maximum absolute atomic E-state index is 11.1. The van der Waals surface area contributed by atoms with E-state index in [4.69, 9.17) is 5.11 Å². The van der Waals surface area contributed by atoms with Crippen LogP contribution in [-0.4, -0.2) is 20.6 Å². The summed E-state index contributed by atoms with van der Waals surface area (Å²) in [6.07, 6.45) is 2.88. The number of aromatic carboxylic acids is 1. The highest BCUT2D eigenvalue weighted by molar-refractivity contribution is 7.11. The average Bonchev–Trinajstić information content (AvgIpc) is 2.88. The lowest BCUT2D eigenvalue weighted by Gasteiger charge is -2.06. The van der Waals surface area contributed by atoms with Crippen molar-refractivity contribution >= 4 is 17.3 Å². The summed E-state index contributed by atoms with van der Waals surface area (Å²) in [6, 6.07) is 1.71. The van der Waals surface area contributed by atoms with Crippen LogP contribution in [0.15, 0.2) is 12.3 Å². The van der Waals surface area contributed by atoms with E-state index in [9.17, 15) is 4.79 Å². The maximum atomic E-state index is 11.1. The highest BCUT2D eigenvalue weighted by atomic mass is 32.1. The molecule has 2 aromatic rings. The van der Waals surface area contributed by atoms with Crippen molar-refractivity contribution in [1.29, 1.82) is 0 Å². The second-order valence-corrected chi connectivity index (χ2v) is 5.45. The van der Waals surface area contributed by atoms with Gasteiger partial charge in [0.05, 0.1) is 12.1 Å². The van der Waals surface area contributed by atoms with Gasteiger partial charge in [-0.1, -0.05) is 6.92 Å². The van der Waals surface area contributed by atoms with Crippen LogP contribution in [0.3, 0.4) is 0 Å². The van der Waals surface area contributed by atoms with Crippen molar-refractivity contribution in [2.24, 2.45) is 0 Å². The van der Waals surface area contributed by atoms with Gasteiger partial charge in [-0.3, -0.25) is 0 Å². The zero-order valence-corrected chi connectivity index (χ0v) is 11.5. The Bertz CT molecular complexity index is 584. The van der Waals surface area contributed by atoms with E-state index in [1.165, 1.54) is 4.88 Å². The molecule has 2 aromatic heterocycles. The highest BCUT2D eigenvalue weighted by Crippen LogP contribution is 2.20. The lowest BCUT2D eigenvalue weighted by molar-refractivity contribution is 0.0696. The molecule has 0 saturated heterocycles. The molecule has 2 rings (SSSR count). The van der Waals surface area contributed by atoms with Crippen molar-refractivity contribution in [2.45, 2.75) is 33.7 Å². The van der Waals surface area contributed by atoms with E-state index in [0.29, 0.717) is 12.1 Å². The molecule has 0 aromatic carbocycles. The van der Waals surface area contributed by atoms with Gasteiger partial charge in [0, 0.05) is 22.5 Å². The Balaban J connectivity index is 2.31. The van der Waals surface area contributed by atoms with Crippen molar-refractivity contribution in [2.75, 3.05) is 0 Å². The third kappa shape index (κ3) is 2.31. The first-order valence-electron chi connectivity index (χ1n) is 5.86. The monoisotopic (exact) mass is 264 g/mol. The topological polar surface area (TPSA) is 55.1 Å². The fourth-order valence-corrected chi connectivity index (χ4v) is 2.83. The molecule has 0 saturated carbocycles. The van der Waals surface area contributed by atoms with Crippen LogP contribution in [0, 0.1) is 13.8 Å². The quantitative estimate of drug-likeness (QED) is 0.923. The van der Waals surface area contributed by atoms with Crippen LogP contribution < -0.4 is 0 Å². The predicted molar refractivity (Wildman–Crippen MR) is 71.5 cm³/mol. The molecule has 0 unspecified atom stereocenters. The molecular formula is C13H16N2O2S. The van der Waals surface area contributed by atoms with Gasteiger partial charge in [-0.15, -0.1) is 11.3 Å². The van der Waals surface area contributed by atoms with E-state index in [0.717, 1.165) is 22.8 Å². The van der Waals surface area contributed by atoms with Gasteiger partial charge in [-0.05, 0) is 26.3 Å². The molecule has 0 spiro atoms. The first-order chi connectivity index (χ1) is 8.52. The van der Waals surface area contributed by atoms with E-state index in [-0.39, 0.29) is 0 Å². The van der Waals surface area contributed by atoms with Crippen LogP contribution in [0.2, 0.25) is 0 Å². The second-order valence-electron chi connectivity index (χ2n) is 4.25. The first kappa shape index (κ1) is 12.8. The number of carbonyl (C=O) groups is 1. The van der Waals surface area contributed by atoms with Crippen LogP contribution in [0.5, 0.6) is 0 Å². The van der Waals surface area contributed by atoms with Crippen LogP contribution in [-0.2, 0) is 13.0 Å². The molecule has 4 nitrogen and oxygen atoms in total. The third-order valence-electron chi connectivity index (χ3n) is 3.05. The maximum Gasteiger partial charge on any atom is 0.337 e. The smallest absolute Gasteiger partial charge is 0.337 e. The minimum atomic E-state index is -0.872. The molecule has 0 amide bonds. The number of thiazole rings is 1. The Kier molecular flexibility index (Phi) is 3.52. The molecule has 0 bridgehead atoms. The summed E-state index contributed by atoms with van der Waals surface area (Å²) in [5.41, 5.74) is 2.12. The van der Waals surface area contributed by atoms with Gasteiger partial charge < -0.3 is 9.67 Å². The van der Waals surface area contributed by atoms with Gasteiger partial charge in [-0.2, -0.15) is 0 Å². The standard InChI is InChI=1S/C13H16N2O2S/c1-4-10-6-14-12(18-10)7-15-8(2)5-11(9(15)3)13(16)17/h5-6H,4,7H2,1-3H3,(H,16,17). The number of rotatable bonds is 4. The van der Waals surface area contributed by atoms with Crippen LogP contribution in [0.25, 0.3) is 0 Å². The molecule has 2 heterocycles. The lowest BCUT2D eigenvalue weighted by Crippen LogP contribution is -2.05. The molecule has 0 aliphatic rings. The number of hydrogen-bond acceptors (Lipinski definition) is 3. The van der Waals surface area contributed by atoms with Crippen LogP contribution in [0.1, 0.15) is 38.6 Å². The van der Waals surface area contributed by atoms with Crippen LogP contribution >= 0.6 is 11.3 Å². The fraction of sp³-hybridized carbons (Fsp3) is 0.385. The van der Waals surface area contributed by atoms with E-state index >= 15 is 0 Å². The minimum Gasteiger partial charge on any atom is -0.478 e. The molecule has 5 heteroatoms. The number of aryl methyl sites for hydroxylation is 2. The number of nitrogens with zero attached hydrogens (tertiary/aromatic N) is 2. The Morgan fingerprint density at radius 3 is 2.72 bits per heavy atom. The Labute approximate surface area is 110 Å². The molecule has 96 valence electrons. The second kappa shape index (κ2) is 4.94. The van der Waals surface area contributed by atoms with Gasteiger partial charge in [0.2, 0.25) is 0 Å². The molecule has 0 fully saturated rings. The molecular weight excluding hydrogens is 248 g/mol. The van der Waals surface area contributed by atoms with Crippen molar-refractivity contribution in [3.63, 3.8) is 0 Å². The van der Waals surface area contributed by atoms with Gasteiger partial charge in [-0.25, -0.2) is 9.78 Å². The van der Waals surface area contributed by atoms with Crippen LogP contribution in [0.4, 0.5) is 0 Å². The summed E-state index contributed by atoms with van der Waals surface area (Å²) in [4.78, 5) is 16.7. The normalized spacial score (nSPS) is 10.8. The Morgan fingerprint density at radius 2 is 2.22 bits per heavy atom. The van der Waals surface area contributed by atoms with Gasteiger partial charge in [0.25, 0.3) is 0 Å². The van der Waals surface area contributed by atoms with Gasteiger partial charge >= 0.3 is 5.97 Å². The third-order valence-corrected chi connectivity index (χ3v) is 4.17. The van der Waals surface area contributed by atoms with Crippen molar-refractivity contribution in [3.8, 4) is 0 Å². The molecule has 18 heavy (non-hydrogen) atoms. The fourth-order valence-electron chi connectivity index (χ4n) is 1.98. The summed E-state index contributed by atoms with van der Waals surface area (Å²) in [5.74, 6) is -0.872. The summed E-state index contributed by atoms with van der Waals surface area (Å²) in [5, 5.41) is 10.1. The minimum absolute atomic E-state index is 0.375. The van der Waals surface area contributed by atoms with Crippen molar-refractivity contribution < 1.29 is 9.90 Å². The van der Waals surface area contributed by atoms with E-state index < -0.39 is 5.97 Å². The zero-order valence-electron chi connectivity index (χ0n) is 10.7. The Hall–Kier alpha value is -1.62. The number of aromatic nitrogens is 2. The first-order valence-corrected chi connectivity index (χ1v) is 6.68. The van der Waals surface area contributed by atoms with Gasteiger partial charge in [0.1, 0.15) is 5.01 Å². The SMILES string of the molecule is CCc1cnc(Cn2c(C)cc(C(=O)O)c2C)s1. The lowest BCUT2D eigenvalue weighted by atomic mass is 10.2. The van der Waals surface area contributed by atoms with E-state index in [1.54, 1.807) is 17.4 Å². The number of carboxylic acids is 1. The Morgan fingerprint density at radius 1 is 1.50 bits per heavy atom. The number of carboxylic acid groups (broad SMARTS) is 1. The molecule has 0 aliphatic heterocycles. The summed E-state index contributed by atoms with van der Waals surface area (Å²) in [6.45, 7) is 6.51. The predicted octanol–water partition coefficient (Wildman–Crippen LogP) is 2.87. The molecule has 0 radical (unpaired) electrons. The average molecular weight is 264 g/mol. The van der Waals surface area contributed by atoms with Crippen molar-refractivity contribution in [1.82, 2.24) is 9.55 Å². The van der Waals surface area contributed by atoms with E-state index in [2.05, 4.69) is 11.9 Å². The van der Waals surface area contributed by atoms with Gasteiger partial charge in [0.15, 0.2) is 0 Å². The molecule has 1 N–H and O–H groups in total. The summed E-state index contributed by atoms with van der Waals surface area (Å²) < 4.78 is 2.00. The largest absolute Gasteiger partial charge is 0.478 e. The van der Waals surface area contributed by atoms with E-state index in [1.807, 2.05) is 24.6 Å². The highest BCUT2D eigenvalue weighted by Gasteiger charge is 2.15. The summed E-state index contributed by atoms with van der Waals surface area (Å²) in [7, 11) is 0. The molecule has 0 aliphatic carbocycles. The zero-order chi connectivity index (χ0) is 13.3.